The molecule has 4 N–H and O–H groups in total. The third-order valence-corrected chi connectivity index (χ3v) is 2.44. The first-order valence-electron chi connectivity index (χ1n) is 4.39. The van der Waals surface area contributed by atoms with Gasteiger partial charge in [-0.25, -0.2) is 0 Å². The number of ether oxygens (including phenoxy) is 1. The summed E-state index contributed by atoms with van der Waals surface area (Å²) in [5, 5.41) is 12.5. The lowest BCUT2D eigenvalue weighted by atomic mass is 9.97. The average molecular weight is 188 g/mol. The van der Waals surface area contributed by atoms with Crippen LogP contribution in [0.1, 0.15) is 13.3 Å². The number of carbonyl (C=O) groups is 1. The predicted molar refractivity (Wildman–Crippen MR) is 47.0 cm³/mol. The molecule has 0 radical (unpaired) electrons. The summed E-state index contributed by atoms with van der Waals surface area (Å²) in [6, 6.07) is 0. The Kier molecular flexibility index (Phi) is 3.24. The Bertz CT molecular complexity index is 198. The van der Waals surface area contributed by atoms with Gasteiger partial charge in [0.05, 0.1) is 12.6 Å². The zero-order chi connectivity index (χ0) is 9.90. The van der Waals surface area contributed by atoms with Gasteiger partial charge in [0.25, 0.3) is 0 Å². The molecule has 13 heavy (non-hydrogen) atoms. The number of amides is 1. The van der Waals surface area contributed by atoms with Gasteiger partial charge < -0.3 is 20.9 Å². The van der Waals surface area contributed by atoms with Crippen LogP contribution in [0.25, 0.3) is 0 Å². The van der Waals surface area contributed by atoms with Gasteiger partial charge >= 0.3 is 0 Å². The number of nitrogens with one attached hydrogen (secondary N) is 1. The van der Waals surface area contributed by atoms with Crippen molar-refractivity contribution < 1.29 is 14.6 Å². The largest absolute Gasteiger partial charge is 0.385 e. The Hall–Kier alpha value is -0.650. The Labute approximate surface area is 77.2 Å². The number of rotatable bonds is 3. The first-order chi connectivity index (χ1) is 6.08. The molecular formula is C8H16N2O3. The van der Waals surface area contributed by atoms with E-state index < -0.39 is 5.60 Å². The first-order valence-corrected chi connectivity index (χ1v) is 4.39. The average Bonchev–Trinajstić information content (AvgIpc) is 2.44. The van der Waals surface area contributed by atoms with E-state index in [1.807, 2.05) is 0 Å². The van der Waals surface area contributed by atoms with Crippen LogP contribution in [0.3, 0.4) is 0 Å². The molecule has 0 aromatic carbocycles. The monoisotopic (exact) mass is 188 g/mol. The summed E-state index contributed by atoms with van der Waals surface area (Å²) < 4.78 is 5.20. The van der Waals surface area contributed by atoms with E-state index in [1.54, 1.807) is 6.92 Å². The standard InChI is InChI=1S/C8H16N2O3/c1-6-8(12,2-3-13-6)5-10-7(11)4-9/h6,12H,2-5,9H2,1H3,(H,10,11). The normalized spacial score (nSPS) is 33.3. The topological polar surface area (TPSA) is 84.6 Å². The van der Waals surface area contributed by atoms with E-state index in [0.29, 0.717) is 13.0 Å². The third kappa shape index (κ3) is 2.40. The molecule has 1 aliphatic heterocycles. The smallest absolute Gasteiger partial charge is 0.233 e. The second-order valence-corrected chi connectivity index (χ2v) is 3.35. The zero-order valence-electron chi connectivity index (χ0n) is 7.75. The van der Waals surface area contributed by atoms with Gasteiger partial charge in [0.15, 0.2) is 0 Å². The molecule has 1 saturated heterocycles. The molecule has 0 aromatic heterocycles. The minimum atomic E-state index is -0.926. The minimum Gasteiger partial charge on any atom is -0.385 e. The SMILES string of the molecule is CC1OCCC1(O)CNC(=O)CN. The molecule has 0 bridgehead atoms. The molecule has 1 amide bonds. The molecule has 1 aliphatic rings. The quantitative estimate of drug-likeness (QED) is 0.508. The summed E-state index contributed by atoms with van der Waals surface area (Å²) in [6.07, 6.45) is 0.324. The summed E-state index contributed by atoms with van der Waals surface area (Å²) in [7, 11) is 0. The van der Waals surface area contributed by atoms with E-state index >= 15 is 0 Å². The highest BCUT2D eigenvalue weighted by molar-refractivity contribution is 5.77. The Morgan fingerprint density at radius 1 is 1.85 bits per heavy atom. The van der Waals surface area contributed by atoms with Crippen molar-refractivity contribution in [2.45, 2.75) is 25.0 Å². The van der Waals surface area contributed by atoms with Crippen molar-refractivity contribution in [1.82, 2.24) is 5.32 Å². The van der Waals surface area contributed by atoms with Crippen LogP contribution < -0.4 is 11.1 Å². The summed E-state index contributed by atoms with van der Waals surface area (Å²) in [6.45, 7) is 2.49. The van der Waals surface area contributed by atoms with Crippen LogP contribution in [-0.4, -0.2) is 42.4 Å². The Morgan fingerprint density at radius 2 is 2.54 bits per heavy atom. The second kappa shape index (κ2) is 4.04. The molecule has 76 valence electrons. The first kappa shape index (κ1) is 10.4. The second-order valence-electron chi connectivity index (χ2n) is 3.35. The van der Waals surface area contributed by atoms with Crippen LogP contribution in [0.2, 0.25) is 0 Å². The summed E-state index contributed by atoms with van der Waals surface area (Å²) >= 11 is 0. The number of nitrogens with two attached hydrogens (primary N) is 1. The van der Waals surface area contributed by atoms with Crippen LogP contribution in [0.5, 0.6) is 0 Å². The summed E-state index contributed by atoms with van der Waals surface area (Å²) in [4.78, 5) is 10.8. The fraction of sp³-hybridized carbons (Fsp3) is 0.875. The molecule has 0 aliphatic carbocycles. The van der Waals surface area contributed by atoms with E-state index in [4.69, 9.17) is 10.5 Å². The fourth-order valence-electron chi connectivity index (χ4n) is 1.33. The van der Waals surface area contributed by atoms with Crippen LogP contribution in [-0.2, 0) is 9.53 Å². The van der Waals surface area contributed by atoms with Crippen molar-refractivity contribution in [3.05, 3.63) is 0 Å². The summed E-state index contributed by atoms with van der Waals surface area (Å²) in [5.41, 5.74) is 4.18. The van der Waals surface area contributed by atoms with Crippen LogP contribution in [0, 0.1) is 0 Å². The van der Waals surface area contributed by atoms with Crippen molar-refractivity contribution in [2.75, 3.05) is 19.7 Å². The fourth-order valence-corrected chi connectivity index (χ4v) is 1.33. The molecule has 5 heteroatoms. The predicted octanol–water partition coefficient (Wildman–Crippen LogP) is -1.40. The van der Waals surface area contributed by atoms with Crippen molar-refractivity contribution in [1.29, 1.82) is 0 Å². The van der Waals surface area contributed by atoms with Gasteiger partial charge in [-0.3, -0.25) is 4.79 Å². The molecular weight excluding hydrogens is 172 g/mol. The molecule has 0 aromatic rings. The van der Waals surface area contributed by atoms with Gasteiger partial charge in [-0.15, -0.1) is 0 Å². The van der Waals surface area contributed by atoms with Gasteiger partial charge in [-0.05, 0) is 6.92 Å². The minimum absolute atomic E-state index is 0.0503. The Morgan fingerprint density at radius 3 is 3.00 bits per heavy atom. The van der Waals surface area contributed by atoms with Crippen LogP contribution in [0.15, 0.2) is 0 Å². The number of hydrogen-bond acceptors (Lipinski definition) is 4. The number of aliphatic hydroxyl groups is 1. The van der Waals surface area contributed by atoms with E-state index in [-0.39, 0.29) is 25.1 Å². The third-order valence-electron chi connectivity index (χ3n) is 2.44. The number of carbonyl (C=O) groups excluding carboxylic acids is 1. The highest BCUT2D eigenvalue weighted by atomic mass is 16.5. The maximum atomic E-state index is 10.8. The highest BCUT2D eigenvalue weighted by Crippen LogP contribution is 2.24. The molecule has 1 heterocycles. The van der Waals surface area contributed by atoms with Crippen molar-refractivity contribution >= 4 is 5.91 Å². The summed E-state index contributed by atoms with van der Waals surface area (Å²) in [5.74, 6) is -0.257. The molecule has 0 saturated carbocycles. The van der Waals surface area contributed by atoms with E-state index in [0.717, 1.165) is 0 Å². The molecule has 1 fully saturated rings. The van der Waals surface area contributed by atoms with Gasteiger partial charge in [0.2, 0.25) is 5.91 Å². The van der Waals surface area contributed by atoms with Crippen LogP contribution >= 0.6 is 0 Å². The maximum Gasteiger partial charge on any atom is 0.233 e. The van der Waals surface area contributed by atoms with E-state index in [2.05, 4.69) is 5.32 Å². The maximum absolute atomic E-state index is 10.8. The molecule has 2 atom stereocenters. The van der Waals surface area contributed by atoms with Gasteiger partial charge in [-0.1, -0.05) is 0 Å². The molecule has 0 spiro atoms. The lowest BCUT2D eigenvalue weighted by Crippen LogP contribution is -2.48. The molecule has 1 rings (SSSR count). The lowest BCUT2D eigenvalue weighted by molar-refractivity contribution is -0.121. The van der Waals surface area contributed by atoms with Gasteiger partial charge in [0, 0.05) is 19.6 Å². The molecule has 2 unspecified atom stereocenters. The number of hydrogen-bond donors (Lipinski definition) is 3. The van der Waals surface area contributed by atoms with Crippen molar-refractivity contribution in [3.8, 4) is 0 Å². The zero-order valence-corrected chi connectivity index (χ0v) is 7.75. The van der Waals surface area contributed by atoms with Gasteiger partial charge in [0.1, 0.15) is 5.60 Å². The van der Waals surface area contributed by atoms with Crippen molar-refractivity contribution in [2.24, 2.45) is 5.73 Å². The van der Waals surface area contributed by atoms with E-state index in [1.165, 1.54) is 0 Å². The van der Waals surface area contributed by atoms with Crippen molar-refractivity contribution in [3.63, 3.8) is 0 Å². The Balaban J connectivity index is 2.38. The highest BCUT2D eigenvalue weighted by Gasteiger charge is 2.39. The molecule has 5 nitrogen and oxygen atoms in total. The van der Waals surface area contributed by atoms with Crippen LogP contribution in [0.4, 0.5) is 0 Å². The van der Waals surface area contributed by atoms with Gasteiger partial charge in [-0.2, -0.15) is 0 Å². The van der Waals surface area contributed by atoms with E-state index in [9.17, 15) is 9.90 Å². The lowest BCUT2D eigenvalue weighted by Gasteiger charge is -2.25.